The molecule has 1 rings (SSSR count). The fraction of sp³-hybridized carbons (Fsp3) is 0.600. The Kier molecular flexibility index (Phi) is 8.37. The van der Waals surface area contributed by atoms with Crippen molar-refractivity contribution in [3.63, 3.8) is 0 Å². The van der Waals surface area contributed by atoms with Crippen molar-refractivity contribution in [3.05, 3.63) is 21.9 Å². The van der Waals surface area contributed by atoms with E-state index in [0.29, 0.717) is 11.3 Å². The highest BCUT2D eigenvalue weighted by Gasteiger charge is 2.14. The summed E-state index contributed by atoms with van der Waals surface area (Å²) in [4.78, 5) is 24.9. The van der Waals surface area contributed by atoms with E-state index in [-0.39, 0.29) is 25.1 Å². The van der Waals surface area contributed by atoms with Gasteiger partial charge >= 0.3 is 5.97 Å². The van der Waals surface area contributed by atoms with Crippen LogP contribution in [0.3, 0.4) is 0 Å². The van der Waals surface area contributed by atoms with Gasteiger partial charge in [0, 0.05) is 17.5 Å². The van der Waals surface area contributed by atoms with E-state index in [1.165, 1.54) is 11.3 Å². The van der Waals surface area contributed by atoms with Crippen LogP contribution >= 0.6 is 11.3 Å². The number of thiophene rings is 1. The average molecular weight is 376 g/mol. The van der Waals surface area contributed by atoms with Crippen LogP contribution in [0.15, 0.2) is 12.1 Å². The third-order valence-electron chi connectivity index (χ3n) is 3.28. The number of hydrogen-bond acceptors (Lipinski definition) is 6. The van der Waals surface area contributed by atoms with Crippen molar-refractivity contribution in [1.82, 2.24) is 10.0 Å². The van der Waals surface area contributed by atoms with Crippen LogP contribution in [0, 0.1) is 0 Å². The van der Waals surface area contributed by atoms with Gasteiger partial charge in [0.25, 0.3) is 5.91 Å². The zero-order valence-corrected chi connectivity index (χ0v) is 15.8. The monoisotopic (exact) mass is 376 g/mol. The topological polar surface area (TPSA) is 102 Å². The van der Waals surface area contributed by atoms with Gasteiger partial charge < -0.3 is 10.1 Å². The Morgan fingerprint density at radius 3 is 2.50 bits per heavy atom. The number of carbonyl (C=O) groups excluding carboxylic acids is 2. The van der Waals surface area contributed by atoms with Crippen molar-refractivity contribution >= 4 is 33.2 Å². The van der Waals surface area contributed by atoms with E-state index < -0.39 is 16.0 Å². The van der Waals surface area contributed by atoms with Crippen LogP contribution in [0.1, 0.15) is 41.2 Å². The molecule has 0 unspecified atom stereocenters. The van der Waals surface area contributed by atoms with Gasteiger partial charge in [-0.3, -0.25) is 4.79 Å². The first-order valence-electron chi connectivity index (χ1n) is 7.75. The normalized spacial score (nSPS) is 11.5. The van der Waals surface area contributed by atoms with Crippen LogP contribution in [-0.4, -0.2) is 45.7 Å². The summed E-state index contributed by atoms with van der Waals surface area (Å²) in [7, 11) is -3.22. The second-order valence-electron chi connectivity index (χ2n) is 5.34. The van der Waals surface area contributed by atoms with Gasteiger partial charge in [-0.05, 0) is 31.4 Å². The molecule has 0 radical (unpaired) electrons. The maximum absolute atomic E-state index is 11.9. The molecule has 2 N–H and O–H groups in total. The molecule has 1 amide bonds. The lowest BCUT2D eigenvalue weighted by atomic mass is 10.2. The van der Waals surface area contributed by atoms with Crippen LogP contribution in [0.2, 0.25) is 0 Å². The third kappa shape index (κ3) is 7.89. The van der Waals surface area contributed by atoms with Gasteiger partial charge in [0.2, 0.25) is 10.0 Å². The SMILES string of the molecule is CCC(CC)NC(=O)COC(=O)c1ccc(CCNS(C)(=O)=O)s1. The zero-order chi connectivity index (χ0) is 18.2. The molecule has 0 aliphatic carbocycles. The van der Waals surface area contributed by atoms with Gasteiger partial charge in [0.05, 0.1) is 6.26 Å². The van der Waals surface area contributed by atoms with Gasteiger partial charge in [-0.1, -0.05) is 13.8 Å². The molecule has 136 valence electrons. The molecule has 0 saturated heterocycles. The van der Waals surface area contributed by atoms with Crippen molar-refractivity contribution in [2.45, 2.75) is 39.2 Å². The third-order valence-corrected chi connectivity index (χ3v) is 5.14. The maximum atomic E-state index is 11.9. The minimum atomic E-state index is -3.22. The Bertz CT molecular complexity index is 651. The lowest BCUT2D eigenvalue weighted by molar-refractivity contribution is -0.125. The number of ether oxygens (including phenoxy) is 1. The quantitative estimate of drug-likeness (QED) is 0.600. The van der Waals surface area contributed by atoms with Gasteiger partial charge in [-0.25, -0.2) is 17.9 Å². The molecule has 9 heteroatoms. The molecule has 0 saturated carbocycles. The van der Waals surface area contributed by atoms with Crippen molar-refractivity contribution in [2.24, 2.45) is 0 Å². The molecule has 0 aliphatic rings. The van der Waals surface area contributed by atoms with E-state index in [2.05, 4.69) is 10.0 Å². The first kappa shape index (κ1) is 20.6. The summed E-state index contributed by atoms with van der Waals surface area (Å²) in [6.07, 6.45) is 3.23. The minimum Gasteiger partial charge on any atom is -0.451 e. The fourth-order valence-corrected chi connectivity index (χ4v) is 3.32. The van der Waals surface area contributed by atoms with Crippen molar-refractivity contribution < 1.29 is 22.7 Å². The number of rotatable bonds is 10. The molecular weight excluding hydrogens is 352 g/mol. The van der Waals surface area contributed by atoms with Crippen molar-refractivity contribution in [1.29, 1.82) is 0 Å². The molecule has 0 aromatic carbocycles. The number of amides is 1. The van der Waals surface area contributed by atoms with Crippen LogP contribution in [0.4, 0.5) is 0 Å². The number of nitrogens with one attached hydrogen (secondary N) is 2. The molecule has 0 atom stereocenters. The van der Waals surface area contributed by atoms with E-state index >= 15 is 0 Å². The first-order valence-corrected chi connectivity index (χ1v) is 10.5. The van der Waals surface area contributed by atoms with Crippen molar-refractivity contribution in [2.75, 3.05) is 19.4 Å². The molecule has 0 spiro atoms. The molecule has 0 bridgehead atoms. The van der Waals surface area contributed by atoms with Crippen LogP contribution in [0.5, 0.6) is 0 Å². The summed E-state index contributed by atoms with van der Waals surface area (Å²) in [5.74, 6) is -0.867. The molecular formula is C15H24N2O5S2. The van der Waals surface area contributed by atoms with E-state index in [4.69, 9.17) is 4.74 Å². The lowest BCUT2D eigenvalue weighted by Crippen LogP contribution is -2.36. The molecule has 1 heterocycles. The van der Waals surface area contributed by atoms with Gasteiger partial charge in [-0.15, -0.1) is 11.3 Å². The van der Waals surface area contributed by atoms with E-state index in [1.807, 2.05) is 13.8 Å². The highest BCUT2D eigenvalue weighted by Crippen LogP contribution is 2.17. The largest absolute Gasteiger partial charge is 0.451 e. The Morgan fingerprint density at radius 1 is 1.25 bits per heavy atom. The van der Waals surface area contributed by atoms with Crippen LogP contribution < -0.4 is 10.0 Å². The Balaban J connectivity index is 2.42. The highest BCUT2D eigenvalue weighted by atomic mass is 32.2. The summed E-state index contributed by atoms with van der Waals surface area (Å²) in [6.45, 7) is 3.92. The molecule has 24 heavy (non-hydrogen) atoms. The molecule has 1 aromatic heterocycles. The number of carbonyl (C=O) groups is 2. The molecule has 1 aromatic rings. The summed E-state index contributed by atoms with van der Waals surface area (Å²) in [6, 6.07) is 3.45. The van der Waals surface area contributed by atoms with Crippen LogP contribution in [-0.2, 0) is 26.0 Å². The lowest BCUT2D eigenvalue weighted by Gasteiger charge is -2.14. The number of hydrogen-bond donors (Lipinski definition) is 2. The van der Waals surface area contributed by atoms with Crippen LogP contribution in [0.25, 0.3) is 0 Å². The standard InChI is InChI=1S/C15H24N2O5S2/c1-4-11(5-2)17-14(18)10-22-15(19)13-7-6-12(23-13)8-9-16-24(3,20)21/h6-7,11,16H,4-5,8-10H2,1-3H3,(H,17,18). The Morgan fingerprint density at radius 2 is 1.92 bits per heavy atom. The van der Waals surface area contributed by atoms with Crippen molar-refractivity contribution in [3.8, 4) is 0 Å². The zero-order valence-electron chi connectivity index (χ0n) is 14.1. The maximum Gasteiger partial charge on any atom is 0.348 e. The Labute approximate surface area is 146 Å². The predicted molar refractivity (Wildman–Crippen MR) is 93.7 cm³/mol. The molecule has 0 aliphatic heterocycles. The first-order chi connectivity index (χ1) is 11.2. The van der Waals surface area contributed by atoms with E-state index in [1.54, 1.807) is 12.1 Å². The minimum absolute atomic E-state index is 0.0897. The summed E-state index contributed by atoms with van der Waals surface area (Å²) in [5, 5.41) is 2.79. The predicted octanol–water partition coefficient (Wildman–Crippen LogP) is 1.30. The second-order valence-corrected chi connectivity index (χ2v) is 8.34. The summed E-state index contributed by atoms with van der Waals surface area (Å²) < 4.78 is 29.4. The average Bonchev–Trinajstić information content (AvgIpc) is 2.98. The highest BCUT2D eigenvalue weighted by molar-refractivity contribution is 7.88. The van der Waals surface area contributed by atoms with Gasteiger partial charge in [-0.2, -0.15) is 0 Å². The van der Waals surface area contributed by atoms with E-state index in [0.717, 1.165) is 24.0 Å². The number of esters is 1. The number of sulfonamides is 1. The smallest absolute Gasteiger partial charge is 0.348 e. The summed E-state index contributed by atoms with van der Waals surface area (Å²) >= 11 is 1.23. The molecule has 7 nitrogen and oxygen atoms in total. The molecule has 0 fully saturated rings. The summed E-state index contributed by atoms with van der Waals surface area (Å²) in [5.41, 5.74) is 0. The van der Waals surface area contributed by atoms with Gasteiger partial charge in [0.15, 0.2) is 6.61 Å². The second kappa shape index (κ2) is 9.75. The van der Waals surface area contributed by atoms with Gasteiger partial charge in [0.1, 0.15) is 4.88 Å². The fourth-order valence-electron chi connectivity index (χ4n) is 1.95. The Hall–Kier alpha value is -1.45. The van der Waals surface area contributed by atoms with E-state index in [9.17, 15) is 18.0 Å².